The van der Waals surface area contributed by atoms with Crippen LogP contribution in [0.3, 0.4) is 0 Å². The Morgan fingerprint density at radius 3 is 1.68 bits per heavy atom. The number of hydrogen-bond acceptors (Lipinski definition) is 16. The van der Waals surface area contributed by atoms with Crippen molar-refractivity contribution in [3.05, 3.63) is 149 Å². The summed E-state index contributed by atoms with van der Waals surface area (Å²) in [6.07, 6.45) is 13.2. The van der Waals surface area contributed by atoms with Gasteiger partial charge in [-0.05, 0) is 128 Å². The van der Waals surface area contributed by atoms with Crippen molar-refractivity contribution in [1.82, 2.24) is 25.3 Å². The summed E-state index contributed by atoms with van der Waals surface area (Å²) in [4.78, 5) is 107. The number of fused-ring (bicyclic) bond motifs is 4. The SMILES string of the molecule is COc1ccc(C2=CN3C(=O)c4cc(OC)c(OCCCCCOc5cc6c(cc5OC)C(=O)N5C=C(c7ccc(NC(=O)[C@@H](C)NC(=O)[C@H](NC(=O)CCCCCN8C(=O)C=C(Oc9ccc(C#N)cc9)C8=O)C(C)C)cc7)C[C@H]5C=N6)cc4N=C[C@@H]3C2)cc1. The Hall–Kier alpha value is -10.6. The van der Waals surface area contributed by atoms with Crippen molar-refractivity contribution in [2.24, 2.45) is 15.9 Å². The summed E-state index contributed by atoms with van der Waals surface area (Å²) in [6.45, 7) is 6.03. The quantitative estimate of drug-likeness (QED) is 0.0326. The van der Waals surface area contributed by atoms with Gasteiger partial charge in [0.2, 0.25) is 17.7 Å². The first-order chi connectivity index (χ1) is 44.0. The summed E-state index contributed by atoms with van der Waals surface area (Å²) >= 11 is 0. The zero-order valence-electron chi connectivity index (χ0n) is 51.5. The molecule has 0 saturated carbocycles. The molecule has 0 unspecified atom stereocenters. The molecule has 0 bridgehead atoms. The third-order valence-electron chi connectivity index (χ3n) is 16.2. The number of nitrogens with one attached hydrogen (secondary N) is 3. The number of rotatable bonds is 27. The van der Waals surface area contributed by atoms with Crippen LogP contribution < -0.4 is 44.4 Å². The van der Waals surface area contributed by atoms with Gasteiger partial charge in [0.15, 0.2) is 28.8 Å². The van der Waals surface area contributed by atoms with E-state index in [0.29, 0.717) is 121 Å². The van der Waals surface area contributed by atoms with Gasteiger partial charge in [-0.3, -0.25) is 48.4 Å². The summed E-state index contributed by atoms with van der Waals surface area (Å²) in [5, 5.41) is 17.4. The standard InChI is InChI=1S/C69H71N9O13/c1-41(2)64(75-62(79)13-9-7-10-26-76-63(80)35-61(69(76)85)91-52-22-14-43(36-70)15-23-52)66(82)73-42(3)65(81)74-48-20-16-44(17-21-48)46-29-49-37-71-55-33-59(57(87-5)31-53(55)67(83)77(49)39-46)89-27-11-8-12-28-90-60-34-56-54(32-58(60)88-6)68(84)78-40-47(30-50(78)38-72-56)45-18-24-51(86-4)25-19-45/h14-25,31-35,37-42,49-50,64H,7-13,26-30H2,1-6H3,(H,73,82)(H,74,81)(H,75,79)/t42-,49+,50+,64-/m1/s1. The smallest absolute Gasteiger partial charge is 0.296 e. The first-order valence-corrected chi connectivity index (χ1v) is 30.3. The molecule has 10 rings (SSSR count). The number of anilines is 1. The lowest BCUT2D eigenvalue weighted by Gasteiger charge is -2.24. The van der Waals surface area contributed by atoms with Gasteiger partial charge >= 0.3 is 0 Å². The number of imide groups is 1. The van der Waals surface area contributed by atoms with Gasteiger partial charge in [0.1, 0.15) is 23.6 Å². The fraction of sp³-hybridized carbons (Fsp3) is 0.333. The Morgan fingerprint density at radius 1 is 0.615 bits per heavy atom. The van der Waals surface area contributed by atoms with Gasteiger partial charge in [0.05, 0.1) is 86.8 Å². The fourth-order valence-electron chi connectivity index (χ4n) is 11.1. The normalized spacial score (nSPS) is 16.9. The fourth-order valence-corrected chi connectivity index (χ4v) is 11.1. The number of benzene rings is 5. The zero-order chi connectivity index (χ0) is 64.3. The minimum Gasteiger partial charge on any atom is -0.497 e. The average Bonchev–Trinajstić information content (AvgIpc) is 2.61. The van der Waals surface area contributed by atoms with E-state index in [0.717, 1.165) is 45.4 Å². The first kappa shape index (κ1) is 63.5. The molecule has 5 aliphatic rings. The number of methoxy groups -OCH3 is 3. The van der Waals surface area contributed by atoms with E-state index in [-0.39, 0.29) is 54.4 Å². The number of nitrogens with zero attached hydrogens (tertiary/aromatic N) is 6. The predicted octanol–water partition coefficient (Wildman–Crippen LogP) is 9.63. The van der Waals surface area contributed by atoms with Crippen molar-refractivity contribution >= 4 is 82.0 Å². The summed E-state index contributed by atoms with van der Waals surface area (Å²) in [5.41, 5.74) is 6.47. The van der Waals surface area contributed by atoms with E-state index in [1.807, 2.05) is 61.1 Å². The minimum absolute atomic E-state index is 0.102. The molecule has 0 aliphatic carbocycles. The maximum Gasteiger partial charge on any atom is 0.296 e. The maximum absolute atomic E-state index is 14.1. The molecule has 0 radical (unpaired) electrons. The minimum atomic E-state index is -0.953. The predicted molar refractivity (Wildman–Crippen MR) is 340 cm³/mol. The monoisotopic (exact) mass is 1230 g/mol. The largest absolute Gasteiger partial charge is 0.497 e. The molecule has 5 aromatic rings. The highest BCUT2D eigenvalue weighted by atomic mass is 16.5. The molecule has 5 aliphatic heterocycles. The molecule has 22 heteroatoms. The average molecular weight is 1230 g/mol. The molecule has 22 nitrogen and oxygen atoms in total. The number of unbranched alkanes of at least 4 members (excludes halogenated alkanes) is 4. The number of nitriles is 1. The van der Waals surface area contributed by atoms with E-state index in [2.05, 4.69) is 16.0 Å². The lowest BCUT2D eigenvalue weighted by molar-refractivity contribution is -0.138. The number of ether oxygens (including phenoxy) is 6. The van der Waals surface area contributed by atoms with Crippen LogP contribution >= 0.6 is 0 Å². The molecule has 7 amide bonds. The van der Waals surface area contributed by atoms with E-state index < -0.39 is 35.7 Å². The molecular weight excluding hydrogens is 1160 g/mol. The van der Waals surface area contributed by atoms with Crippen LogP contribution in [-0.4, -0.2) is 134 Å². The van der Waals surface area contributed by atoms with Crippen molar-refractivity contribution < 1.29 is 62.0 Å². The Labute approximate surface area is 527 Å². The zero-order valence-corrected chi connectivity index (χ0v) is 51.5. The second-order valence-electron chi connectivity index (χ2n) is 22.8. The van der Waals surface area contributed by atoms with E-state index in [9.17, 15) is 33.6 Å². The molecule has 0 aromatic heterocycles. The van der Waals surface area contributed by atoms with Gasteiger partial charge in [-0.2, -0.15) is 5.26 Å². The molecule has 470 valence electrons. The van der Waals surface area contributed by atoms with Crippen molar-refractivity contribution in [2.45, 2.75) is 103 Å². The summed E-state index contributed by atoms with van der Waals surface area (Å²) < 4.78 is 34.6. The third-order valence-corrected chi connectivity index (χ3v) is 16.2. The van der Waals surface area contributed by atoms with Crippen molar-refractivity contribution in [3.63, 3.8) is 0 Å². The van der Waals surface area contributed by atoms with E-state index in [1.165, 1.54) is 19.2 Å². The molecule has 0 spiro atoms. The van der Waals surface area contributed by atoms with Gasteiger partial charge in [-0.15, -0.1) is 0 Å². The Balaban J connectivity index is 0.640. The lowest BCUT2D eigenvalue weighted by Crippen LogP contribution is -2.53. The van der Waals surface area contributed by atoms with Crippen molar-refractivity contribution in [2.75, 3.05) is 46.4 Å². The topological polar surface area (TPSA) is 269 Å². The Bertz CT molecular complexity index is 3830. The number of carbonyl (C=O) groups excluding carboxylic acids is 7. The molecular formula is C69H71N9O13. The second-order valence-corrected chi connectivity index (χ2v) is 22.8. The summed E-state index contributed by atoms with van der Waals surface area (Å²) in [7, 11) is 4.69. The van der Waals surface area contributed by atoms with E-state index in [1.54, 1.807) is 99.5 Å². The first-order valence-electron chi connectivity index (χ1n) is 30.3. The van der Waals surface area contributed by atoms with Gasteiger partial charge in [-0.1, -0.05) is 44.5 Å². The van der Waals surface area contributed by atoms with Crippen LogP contribution in [0.1, 0.15) is 116 Å². The highest BCUT2D eigenvalue weighted by molar-refractivity contribution is 6.15. The maximum atomic E-state index is 14.1. The molecule has 0 saturated heterocycles. The van der Waals surface area contributed by atoms with Crippen LogP contribution in [0.4, 0.5) is 17.1 Å². The number of carbonyl (C=O) groups is 7. The van der Waals surface area contributed by atoms with Crippen LogP contribution in [0.25, 0.3) is 11.1 Å². The van der Waals surface area contributed by atoms with Gasteiger partial charge in [-0.25, -0.2) is 0 Å². The number of hydrogen-bond donors (Lipinski definition) is 3. The third kappa shape index (κ3) is 14.8. The van der Waals surface area contributed by atoms with Crippen molar-refractivity contribution in [1.29, 1.82) is 5.26 Å². The molecule has 0 fully saturated rings. The number of aliphatic imine (C=N–C) groups is 2. The molecule has 4 atom stereocenters. The highest BCUT2D eigenvalue weighted by Crippen LogP contribution is 2.42. The lowest BCUT2D eigenvalue weighted by atomic mass is 10.0. The summed E-state index contributed by atoms with van der Waals surface area (Å²) in [5.74, 6) is -0.353. The second kappa shape index (κ2) is 28.7. The molecule has 5 heterocycles. The number of amides is 7. The van der Waals surface area contributed by atoms with Crippen LogP contribution in [0.15, 0.2) is 131 Å². The highest BCUT2D eigenvalue weighted by Gasteiger charge is 2.37. The molecule has 5 aromatic carbocycles. The van der Waals surface area contributed by atoms with E-state index in [4.69, 9.17) is 43.7 Å². The van der Waals surface area contributed by atoms with Crippen LogP contribution in [0.5, 0.6) is 34.5 Å². The van der Waals surface area contributed by atoms with Gasteiger partial charge in [0.25, 0.3) is 23.6 Å². The van der Waals surface area contributed by atoms with Crippen molar-refractivity contribution in [3.8, 4) is 40.6 Å². The molecule has 91 heavy (non-hydrogen) atoms. The van der Waals surface area contributed by atoms with Gasteiger partial charge < -0.3 is 54.2 Å². The van der Waals surface area contributed by atoms with Crippen LogP contribution in [0.2, 0.25) is 0 Å². The van der Waals surface area contributed by atoms with Gasteiger partial charge in [0, 0.05) is 68.5 Å². The molecule has 3 N–H and O–H groups in total. The Kier molecular flexibility index (Phi) is 20.0. The van der Waals surface area contributed by atoms with E-state index >= 15 is 0 Å². The van der Waals surface area contributed by atoms with Crippen LogP contribution in [0, 0.1) is 17.2 Å². The van der Waals surface area contributed by atoms with Crippen LogP contribution in [-0.2, 0) is 24.0 Å². The Morgan fingerprint density at radius 2 is 1.15 bits per heavy atom. The summed E-state index contributed by atoms with van der Waals surface area (Å²) in [6, 6.07) is 27.5.